The number of carbonyl (C=O) groups is 1. The molecule has 2 aromatic rings. The van der Waals surface area contributed by atoms with Gasteiger partial charge in [0.15, 0.2) is 0 Å². The fraction of sp³-hybridized carbons (Fsp3) is 0.409. The number of hydrogen-bond donors (Lipinski definition) is 1. The van der Waals surface area contributed by atoms with Gasteiger partial charge in [-0.25, -0.2) is 0 Å². The minimum absolute atomic E-state index is 0.0241. The molecule has 1 atom stereocenters. The van der Waals surface area contributed by atoms with Crippen LogP contribution in [0.1, 0.15) is 48.5 Å². The van der Waals surface area contributed by atoms with Crippen LogP contribution in [-0.2, 0) is 5.41 Å². The van der Waals surface area contributed by atoms with Gasteiger partial charge in [0.1, 0.15) is 5.75 Å². The summed E-state index contributed by atoms with van der Waals surface area (Å²) in [6.07, 6.45) is 4.46. The molecule has 2 aliphatic rings. The number of amides is 1. The summed E-state index contributed by atoms with van der Waals surface area (Å²) >= 11 is 5.90. The van der Waals surface area contributed by atoms with E-state index in [1.165, 1.54) is 5.56 Å². The van der Waals surface area contributed by atoms with Crippen molar-refractivity contribution in [2.24, 2.45) is 5.92 Å². The zero-order valence-corrected chi connectivity index (χ0v) is 15.8. The van der Waals surface area contributed by atoms with Crippen molar-refractivity contribution in [3.8, 4) is 5.75 Å². The lowest BCUT2D eigenvalue weighted by Crippen LogP contribution is -2.42. The van der Waals surface area contributed by atoms with Crippen LogP contribution in [-0.4, -0.2) is 18.6 Å². The van der Waals surface area contributed by atoms with Crippen molar-refractivity contribution in [1.29, 1.82) is 0 Å². The van der Waals surface area contributed by atoms with Gasteiger partial charge in [0.05, 0.1) is 6.61 Å². The Morgan fingerprint density at radius 1 is 1.15 bits per heavy atom. The lowest BCUT2D eigenvalue weighted by Gasteiger charge is -2.38. The van der Waals surface area contributed by atoms with Crippen molar-refractivity contribution >= 4 is 17.5 Å². The molecule has 0 bridgehead atoms. The van der Waals surface area contributed by atoms with Gasteiger partial charge in [-0.05, 0) is 68.9 Å². The van der Waals surface area contributed by atoms with Crippen LogP contribution in [0.2, 0.25) is 5.02 Å². The minimum atomic E-state index is -0.0241. The Labute approximate surface area is 159 Å². The molecule has 1 heterocycles. The van der Waals surface area contributed by atoms with E-state index in [0.29, 0.717) is 16.5 Å². The summed E-state index contributed by atoms with van der Waals surface area (Å²) in [6.45, 7) is 2.92. The van der Waals surface area contributed by atoms with Crippen LogP contribution in [0.3, 0.4) is 0 Å². The summed E-state index contributed by atoms with van der Waals surface area (Å²) in [5.41, 5.74) is 2.20. The van der Waals surface area contributed by atoms with Crippen molar-refractivity contribution < 1.29 is 9.53 Å². The predicted molar refractivity (Wildman–Crippen MR) is 104 cm³/mol. The van der Waals surface area contributed by atoms with Gasteiger partial charge in [0.2, 0.25) is 0 Å². The Bertz CT molecular complexity index is 794. The van der Waals surface area contributed by atoms with E-state index < -0.39 is 0 Å². The number of hydrogen-bond acceptors (Lipinski definition) is 2. The van der Waals surface area contributed by atoms with Gasteiger partial charge in [-0.3, -0.25) is 4.79 Å². The van der Waals surface area contributed by atoms with Crippen LogP contribution < -0.4 is 10.1 Å². The second kappa shape index (κ2) is 6.96. The van der Waals surface area contributed by atoms with Crippen molar-refractivity contribution in [2.75, 3.05) is 6.61 Å². The van der Waals surface area contributed by atoms with Crippen molar-refractivity contribution in [1.82, 2.24) is 5.32 Å². The SMILES string of the molecule is C[C@H](NC(=O)c1ccc(Cl)cc1)[C@H]1CC[C@@]2(CC1)COc1ccccc12. The maximum atomic E-state index is 12.4. The monoisotopic (exact) mass is 369 g/mol. The highest BCUT2D eigenvalue weighted by Crippen LogP contribution is 2.49. The summed E-state index contributed by atoms with van der Waals surface area (Å²) in [6, 6.07) is 15.6. The molecule has 0 radical (unpaired) electrons. The number of halogens is 1. The summed E-state index contributed by atoms with van der Waals surface area (Å²) in [7, 11) is 0. The van der Waals surface area contributed by atoms with E-state index >= 15 is 0 Å². The summed E-state index contributed by atoms with van der Waals surface area (Å²) in [5, 5.41) is 3.81. The third kappa shape index (κ3) is 3.21. The molecule has 2 aromatic carbocycles. The summed E-state index contributed by atoms with van der Waals surface area (Å²) in [4.78, 5) is 12.4. The van der Waals surface area contributed by atoms with Crippen molar-refractivity contribution in [2.45, 2.75) is 44.1 Å². The zero-order valence-electron chi connectivity index (χ0n) is 15.0. The first-order chi connectivity index (χ1) is 12.6. The quantitative estimate of drug-likeness (QED) is 0.828. The maximum Gasteiger partial charge on any atom is 0.251 e. The fourth-order valence-corrected chi connectivity index (χ4v) is 4.57. The van der Waals surface area contributed by atoms with E-state index in [4.69, 9.17) is 16.3 Å². The number of nitrogens with one attached hydrogen (secondary N) is 1. The standard InChI is InChI=1S/C22H24ClNO2/c1-15(24-21(25)17-6-8-18(23)9-7-17)16-10-12-22(13-11-16)14-26-20-5-3-2-4-19(20)22/h2-9,15-16H,10-14H2,1H3,(H,24,25)/t15-,16-,22+/m0/s1. The molecular formula is C22H24ClNO2. The molecule has 1 N–H and O–H groups in total. The van der Waals surface area contributed by atoms with Crippen molar-refractivity contribution in [3.05, 3.63) is 64.7 Å². The molecule has 136 valence electrons. The highest BCUT2D eigenvalue weighted by Gasteiger charge is 2.44. The van der Waals surface area contributed by atoms with Crippen LogP contribution in [0.25, 0.3) is 0 Å². The molecule has 1 amide bonds. The van der Waals surface area contributed by atoms with E-state index in [-0.39, 0.29) is 17.4 Å². The van der Waals surface area contributed by atoms with Crippen LogP contribution in [0, 0.1) is 5.92 Å². The molecule has 4 rings (SSSR count). The number of benzene rings is 2. The molecule has 0 unspecified atom stereocenters. The third-order valence-electron chi connectivity index (χ3n) is 6.12. The average Bonchev–Trinajstić information content (AvgIpc) is 3.01. The first-order valence-corrected chi connectivity index (χ1v) is 9.74. The molecule has 4 heteroatoms. The second-order valence-electron chi connectivity index (χ2n) is 7.67. The molecule has 1 aliphatic heterocycles. The van der Waals surface area contributed by atoms with E-state index in [2.05, 4.69) is 30.4 Å². The number of rotatable bonds is 3. The van der Waals surface area contributed by atoms with Gasteiger partial charge in [-0.1, -0.05) is 29.8 Å². The van der Waals surface area contributed by atoms with Gasteiger partial charge in [0.25, 0.3) is 5.91 Å². The maximum absolute atomic E-state index is 12.4. The molecule has 0 aromatic heterocycles. The average molecular weight is 370 g/mol. The predicted octanol–water partition coefficient (Wildman–Crippen LogP) is 4.98. The smallest absolute Gasteiger partial charge is 0.251 e. The van der Waals surface area contributed by atoms with Crippen LogP contribution in [0.4, 0.5) is 0 Å². The number of ether oxygens (including phenoxy) is 1. The normalized spacial score (nSPS) is 25.4. The van der Waals surface area contributed by atoms with E-state index in [1.54, 1.807) is 24.3 Å². The topological polar surface area (TPSA) is 38.3 Å². The van der Waals surface area contributed by atoms with E-state index in [0.717, 1.165) is 38.0 Å². The molecule has 26 heavy (non-hydrogen) atoms. The molecule has 1 aliphatic carbocycles. The second-order valence-corrected chi connectivity index (χ2v) is 8.11. The third-order valence-corrected chi connectivity index (χ3v) is 6.37. The van der Waals surface area contributed by atoms with Crippen LogP contribution in [0.5, 0.6) is 5.75 Å². The largest absolute Gasteiger partial charge is 0.492 e. The highest BCUT2D eigenvalue weighted by molar-refractivity contribution is 6.30. The van der Waals surface area contributed by atoms with Gasteiger partial charge in [-0.2, -0.15) is 0 Å². The lowest BCUT2D eigenvalue weighted by atomic mass is 9.66. The summed E-state index contributed by atoms with van der Waals surface area (Å²) < 4.78 is 5.94. The zero-order chi connectivity index (χ0) is 18.1. The Hall–Kier alpha value is -2.00. The van der Waals surface area contributed by atoms with E-state index in [1.807, 2.05) is 6.07 Å². The Morgan fingerprint density at radius 2 is 1.85 bits per heavy atom. The molecule has 3 nitrogen and oxygen atoms in total. The fourth-order valence-electron chi connectivity index (χ4n) is 4.44. The van der Waals surface area contributed by atoms with Gasteiger partial charge < -0.3 is 10.1 Å². The number of carbonyl (C=O) groups excluding carboxylic acids is 1. The molecular weight excluding hydrogens is 346 g/mol. The minimum Gasteiger partial charge on any atom is -0.492 e. The number of para-hydroxylation sites is 1. The number of fused-ring (bicyclic) bond motifs is 2. The van der Waals surface area contributed by atoms with Crippen LogP contribution >= 0.6 is 11.6 Å². The van der Waals surface area contributed by atoms with Crippen molar-refractivity contribution in [3.63, 3.8) is 0 Å². The molecule has 1 fully saturated rings. The van der Waals surface area contributed by atoms with Gasteiger partial charge in [0, 0.05) is 27.6 Å². The van der Waals surface area contributed by atoms with Gasteiger partial charge in [-0.15, -0.1) is 0 Å². The first-order valence-electron chi connectivity index (χ1n) is 9.36. The summed E-state index contributed by atoms with van der Waals surface area (Å²) in [5.74, 6) is 1.53. The Kier molecular flexibility index (Phi) is 4.66. The lowest BCUT2D eigenvalue weighted by molar-refractivity contribution is 0.0905. The van der Waals surface area contributed by atoms with Crippen LogP contribution in [0.15, 0.2) is 48.5 Å². The van der Waals surface area contributed by atoms with E-state index in [9.17, 15) is 4.79 Å². The van der Waals surface area contributed by atoms with Gasteiger partial charge >= 0.3 is 0 Å². The molecule has 1 saturated carbocycles. The Balaban J connectivity index is 1.37. The molecule has 1 spiro atoms. The Morgan fingerprint density at radius 3 is 2.58 bits per heavy atom. The first kappa shape index (κ1) is 17.4. The highest BCUT2D eigenvalue weighted by atomic mass is 35.5. The molecule has 0 saturated heterocycles.